The first-order valence-electron chi connectivity index (χ1n) is 11.5. The van der Waals surface area contributed by atoms with Gasteiger partial charge in [0.1, 0.15) is 24.2 Å². The van der Waals surface area contributed by atoms with Gasteiger partial charge in [0.25, 0.3) is 0 Å². The molecule has 5 N–H and O–H groups in total. The molecular weight excluding hydrogens is 436 g/mol. The van der Waals surface area contributed by atoms with Crippen molar-refractivity contribution in [1.29, 1.82) is 0 Å². The highest BCUT2D eigenvalue weighted by atomic mass is 16.5. The Balaban J connectivity index is 1.30. The van der Waals surface area contributed by atoms with Crippen LogP contribution in [-0.2, 0) is 22.6 Å². The first kappa shape index (κ1) is 22.1. The molecule has 2 aliphatic heterocycles. The number of rotatable bonds is 7. The highest BCUT2D eigenvalue weighted by Crippen LogP contribution is 2.31. The van der Waals surface area contributed by atoms with E-state index in [1.54, 1.807) is 17.6 Å². The first-order valence-corrected chi connectivity index (χ1v) is 11.5. The molecule has 1 saturated heterocycles. The number of ether oxygens (including phenoxy) is 1. The van der Waals surface area contributed by atoms with Gasteiger partial charge in [0.2, 0.25) is 11.8 Å². The van der Waals surface area contributed by atoms with Gasteiger partial charge in [-0.05, 0) is 30.9 Å². The average molecular weight is 465 g/mol. The molecule has 1 fully saturated rings. The lowest BCUT2D eigenvalue weighted by Gasteiger charge is -2.32. The number of H-pyrrole nitrogens is 1. The third kappa shape index (κ3) is 4.26. The monoisotopic (exact) mass is 464 g/mol. The van der Waals surface area contributed by atoms with E-state index < -0.39 is 11.9 Å². The van der Waals surface area contributed by atoms with Gasteiger partial charge in [0.05, 0.1) is 24.8 Å². The van der Waals surface area contributed by atoms with Crippen molar-refractivity contribution >= 4 is 28.8 Å². The maximum absolute atomic E-state index is 12.7. The molecule has 11 nitrogen and oxygen atoms in total. The molecule has 0 saturated carbocycles. The van der Waals surface area contributed by atoms with E-state index in [4.69, 9.17) is 16.2 Å². The summed E-state index contributed by atoms with van der Waals surface area (Å²) in [6.45, 7) is 2.30. The summed E-state index contributed by atoms with van der Waals surface area (Å²) in [6, 6.07) is 5.20. The van der Waals surface area contributed by atoms with E-state index in [-0.39, 0.29) is 18.4 Å². The summed E-state index contributed by atoms with van der Waals surface area (Å²) in [4.78, 5) is 44.0. The molecule has 178 valence electrons. The molecular formula is C23H28N8O3. The highest BCUT2D eigenvalue weighted by molar-refractivity contribution is 5.87. The van der Waals surface area contributed by atoms with Crippen molar-refractivity contribution in [3.05, 3.63) is 42.0 Å². The summed E-state index contributed by atoms with van der Waals surface area (Å²) in [5.41, 5.74) is 14.7. The van der Waals surface area contributed by atoms with Crippen molar-refractivity contribution in [2.24, 2.45) is 11.5 Å². The molecule has 11 heteroatoms. The SMILES string of the molecule is NC(=O)C[C@@H](N)C(=O)N1CCc2cccc(OC[C@H]3CCCN3c3ncnc4[nH]cnc34)c2C1. The van der Waals surface area contributed by atoms with Crippen LogP contribution in [0, 0.1) is 0 Å². The third-order valence-corrected chi connectivity index (χ3v) is 6.56. The number of anilines is 1. The first-order chi connectivity index (χ1) is 16.5. The van der Waals surface area contributed by atoms with E-state index in [1.165, 1.54) is 0 Å². The van der Waals surface area contributed by atoms with E-state index in [1.807, 2.05) is 12.1 Å². The van der Waals surface area contributed by atoms with E-state index >= 15 is 0 Å². The van der Waals surface area contributed by atoms with Crippen LogP contribution in [-0.4, -0.2) is 68.4 Å². The largest absolute Gasteiger partial charge is 0.491 e. The Labute approximate surface area is 196 Å². The van der Waals surface area contributed by atoms with Gasteiger partial charge < -0.3 is 31.0 Å². The predicted octanol–water partition coefficient (Wildman–Crippen LogP) is 0.488. The Bertz CT molecular complexity index is 1210. The number of primary amides is 1. The maximum atomic E-state index is 12.7. The summed E-state index contributed by atoms with van der Waals surface area (Å²) < 4.78 is 6.33. The molecule has 3 aromatic rings. The second-order valence-electron chi connectivity index (χ2n) is 8.78. The molecule has 1 aromatic carbocycles. The lowest BCUT2D eigenvalue weighted by molar-refractivity contribution is -0.135. The molecule has 0 unspecified atom stereocenters. The molecule has 0 radical (unpaired) electrons. The zero-order chi connectivity index (χ0) is 23.7. The number of hydrogen-bond donors (Lipinski definition) is 3. The number of nitrogens with zero attached hydrogens (tertiary/aromatic N) is 5. The number of benzene rings is 1. The van der Waals surface area contributed by atoms with Gasteiger partial charge in [-0.1, -0.05) is 12.1 Å². The van der Waals surface area contributed by atoms with Crippen molar-refractivity contribution in [2.45, 2.75) is 44.3 Å². The topological polar surface area (TPSA) is 156 Å². The number of aromatic amines is 1. The fourth-order valence-electron chi connectivity index (χ4n) is 4.85. The number of hydrogen-bond acceptors (Lipinski definition) is 8. The van der Waals surface area contributed by atoms with Crippen LogP contribution in [0.3, 0.4) is 0 Å². The molecule has 0 spiro atoms. The summed E-state index contributed by atoms with van der Waals surface area (Å²) in [6.07, 6.45) is 5.74. The lowest BCUT2D eigenvalue weighted by Crippen LogP contribution is -2.47. The Morgan fingerprint density at radius 1 is 1.24 bits per heavy atom. The predicted molar refractivity (Wildman–Crippen MR) is 125 cm³/mol. The Kier molecular flexibility index (Phi) is 6.01. The standard InChI is InChI=1S/C23H28N8O3/c24-17(9-19(25)32)23(33)30-8-6-14-3-1-5-18(16(14)10-30)34-11-15-4-2-7-31(15)22-20-21(27-12-26-20)28-13-29-22/h1,3,5,12-13,15,17H,2,4,6-11,24H2,(H2,25,32)(H,26,27,28,29)/t15-,17-/m1/s1. The van der Waals surface area contributed by atoms with Gasteiger partial charge in [-0.2, -0.15) is 0 Å². The molecule has 0 bridgehead atoms. The van der Waals surface area contributed by atoms with Crippen molar-refractivity contribution in [1.82, 2.24) is 24.8 Å². The number of nitrogens with two attached hydrogens (primary N) is 2. The van der Waals surface area contributed by atoms with Gasteiger partial charge in [-0.15, -0.1) is 0 Å². The summed E-state index contributed by atoms with van der Waals surface area (Å²) in [5.74, 6) is 0.720. The fourth-order valence-corrected chi connectivity index (χ4v) is 4.85. The molecule has 0 aliphatic carbocycles. The fraction of sp³-hybridized carbons (Fsp3) is 0.435. The molecule has 2 atom stereocenters. The zero-order valence-corrected chi connectivity index (χ0v) is 18.8. The molecule has 2 aromatic heterocycles. The Morgan fingerprint density at radius 2 is 2.12 bits per heavy atom. The number of imidazole rings is 1. The number of nitrogens with one attached hydrogen (secondary N) is 1. The Morgan fingerprint density at radius 3 is 2.97 bits per heavy atom. The summed E-state index contributed by atoms with van der Waals surface area (Å²) >= 11 is 0. The third-order valence-electron chi connectivity index (χ3n) is 6.56. The summed E-state index contributed by atoms with van der Waals surface area (Å²) in [5, 5.41) is 0. The van der Waals surface area contributed by atoms with Crippen molar-refractivity contribution < 1.29 is 14.3 Å². The minimum Gasteiger partial charge on any atom is -0.491 e. The van der Waals surface area contributed by atoms with Crippen LogP contribution in [0.15, 0.2) is 30.9 Å². The molecule has 2 amide bonds. The van der Waals surface area contributed by atoms with Crippen LogP contribution >= 0.6 is 0 Å². The van der Waals surface area contributed by atoms with Gasteiger partial charge in [0, 0.05) is 25.2 Å². The van der Waals surface area contributed by atoms with E-state index in [0.29, 0.717) is 31.8 Å². The van der Waals surface area contributed by atoms with Crippen molar-refractivity contribution in [3.63, 3.8) is 0 Å². The minimum absolute atomic E-state index is 0.149. The second kappa shape index (κ2) is 9.26. The van der Waals surface area contributed by atoms with Crippen LogP contribution < -0.4 is 21.1 Å². The van der Waals surface area contributed by atoms with Crippen LogP contribution in [0.1, 0.15) is 30.4 Å². The maximum Gasteiger partial charge on any atom is 0.240 e. The van der Waals surface area contributed by atoms with Gasteiger partial charge in [-0.3, -0.25) is 9.59 Å². The molecule has 4 heterocycles. The van der Waals surface area contributed by atoms with Crippen LogP contribution in [0.25, 0.3) is 11.2 Å². The van der Waals surface area contributed by atoms with Crippen LogP contribution in [0.5, 0.6) is 5.75 Å². The highest BCUT2D eigenvalue weighted by Gasteiger charge is 2.30. The van der Waals surface area contributed by atoms with Gasteiger partial charge in [0.15, 0.2) is 11.5 Å². The van der Waals surface area contributed by atoms with Crippen LogP contribution in [0.2, 0.25) is 0 Å². The number of carbonyl (C=O) groups is 2. The number of aromatic nitrogens is 4. The van der Waals surface area contributed by atoms with Gasteiger partial charge in [-0.25, -0.2) is 15.0 Å². The minimum atomic E-state index is -0.925. The lowest BCUT2D eigenvalue weighted by atomic mass is 9.98. The van der Waals surface area contributed by atoms with E-state index in [0.717, 1.165) is 47.6 Å². The second-order valence-corrected chi connectivity index (χ2v) is 8.78. The average Bonchev–Trinajstić information content (AvgIpc) is 3.50. The molecule has 2 aliphatic rings. The number of fused-ring (bicyclic) bond motifs is 2. The quantitative estimate of drug-likeness (QED) is 0.456. The van der Waals surface area contributed by atoms with E-state index in [9.17, 15) is 9.59 Å². The number of amides is 2. The smallest absolute Gasteiger partial charge is 0.240 e. The summed E-state index contributed by atoms with van der Waals surface area (Å²) in [7, 11) is 0. The number of carbonyl (C=O) groups excluding carboxylic acids is 2. The molecule has 34 heavy (non-hydrogen) atoms. The Hall–Kier alpha value is -3.73. The zero-order valence-electron chi connectivity index (χ0n) is 18.8. The molecule has 5 rings (SSSR count). The van der Waals surface area contributed by atoms with Gasteiger partial charge >= 0.3 is 0 Å². The van der Waals surface area contributed by atoms with Crippen molar-refractivity contribution in [3.8, 4) is 5.75 Å². The van der Waals surface area contributed by atoms with Crippen molar-refractivity contribution in [2.75, 3.05) is 24.6 Å². The normalized spacial score (nSPS) is 18.7. The van der Waals surface area contributed by atoms with E-state index in [2.05, 4.69) is 30.9 Å². The van der Waals surface area contributed by atoms with Crippen LogP contribution in [0.4, 0.5) is 5.82 Å².